The van der Waals surface area contributed by atoms with Crippen molar-refractivity contribution in [3.63, 3.8) is 0 Å². The molecule has 0 spiro atoms. The van der Waals surface area contributed by atoms with E-state index in [9.17, 15) is 18.0 Å². The summed E-state index contributed by atoms with van der Waals surface area (Å²) >= 11 is 0. The summed E-state index contributed by atoms with van der Waals surface area (Å²) in [6.07, 6.45) is -4.48. The highest BCUT2D eigenvalue weighted by atomic mass is 19.4. The first-order chi connectivity index (χ1) is 15.6. The van der Waals surface area contributed by atoms with Gasteiger partial charge in [0.15, 0.2) is 11.6 Å². The summed E-state index contributed by atoms with van der Waals surface area (Å²) in [4.78, 5) is 17.3. The number of para-hydroxylation sites is 1. The van der Waals surface area contributed by atoms with Gasteiger partial charge in [0, 0.05) is 11.5 Å². The molecule has 0 saturated heterocycles. The maximum absolute atomic E-state index is 13.0. The Kier molecular flexibility index (Phi) is 5.80. The van der Waals surface area contributed by atoms with Crippen molar-refractivity contribution in [3.05, 3.63) is 77.3 Å². The summed E-state index contributed by atoms with van der Waals surface area (Å²) in [5.74, 6) is 0.414. The van der Waals surface area contributed by atoms with Gasteiger partial charge in [-0.3, -0.25) is 4.79 Å². The highest BCUT2D eigenvalue weighted by molar-refractivity contribution is 6.05. The number of anilines is 1. The number of nitrogens with zero attached hydrogens (tertiary/aromatic N) is 2. The topological polar surface area (TPSA) is 81.2 Å². The third kappa shape index (κ3) is 4.67. The van der Waals surface area contributed by atoms with Gasteiger partial charge < -0.3 is 14.3 Å². The molecule has 4 aromatic rings. The Morgan fingerprint density at radius 3 is 2.52 bits per heavy atom. The van der Waals surface area contributed by atoms with Gasteiger partial charge in [-0.25, -0.2) is 0 Å². The van der Waals surface area contributed by atoms with Gasteiger partial charge in [0.1, 0.15) is 5.76 Å². The molecule has 6 nitrogen and oxygen atoms in total. The highest BCUT2D eigenvalue weighted by Gasteiger charge is 2.30. The van der Waals surface area contributed by atoms with E-state index >= 15 is 0 Å². The van der Waals surface area contributed by atoms with Crippen LogP contribution in [0, 0.1) is 6.92 Å². The highest BCUT2D eigenvalue weighted by Crippen LogP contribution is 2.34. The summed E-state index contributed by atoms with van der Waals surface area (Å²) in [7, 11) is 0. The number of benzene rings is 2. The van der Waals surface area contributed by atoms with E-state index in [2.05, 4.69) is 15.5 Å². The normalized spacial score (nSPS) is 11.7. The van der Waals surface area contributed by atoms with Gasteiger partial charge >= 0.3 is 6.18 Å². The average molecular weight is 455 g/mol. The van der Waals surface area contributed by atoms with E-state index in [1.165, 1.54) is 24.3 Å². The fourth-order valence-corrected chi connectivity index (χ4v) is 3.23. The van der Waals surface area contributed by atoms with Crippen molar-refractivity contribution in [3.8, 4) is 22.8 Å². The van der Waals surface area contributed by atoms with Crippen LogP contribution >= 0.6 is 0 Å². The van der Waals surface area contributed by atoms with E-state index in [-0.39, 0.29) is 28.9 Å². The number of amides is 1. The minimum Gasteiger partial charge on any atom is -0.451 e. The van der Waals surface area contributed by atoms with Gasteiger partial charge in [0.2, 0.25) is 0 Å². The minimum absolute atomic E-state index is 0.0509. The van der Waals surface area contributed by atoms with Gasteiger partial charge in [0.05, 0.1) is 16.8 Å². The number of rotatable bonds is 5. The molecule has 2 heterocycles. The Bertz CT molecular complexity index is 1310. The summed E-state index contributed by atoms with van der Waals surface area (Å²) < 4.78 is 50.0. The third-order valence-corrected chi connectivity index (χ3v) is 5.00. The van der Waals surface area contributed by atoms with Crippen LogP contribution in [0.3, 0.4) is 0 Å². The van der Waals surface area contributed by atoms with E-state index in [1.807, 2.05) is 26.8 Å². The second-order valence-corrected chi connectivity index (χ2v) is 7.81. The molecule has 0 fully saturated rings. The number of furan rings is 1. The molecule has 0 aliphatic carbocycles. The zero-order valence-corrected chi connectivity index (χ0v) is 18.0. The van der Waals surface area contributed by atoms with Crippen LogP contribution in [0.1, 0.15) is 47.3 Å². The maximum atomic E-state index is 13.0. The van der Waals surface area contributed by atoms with E-state index < -0.39 is 17.6 Å². The first kappa shape index (κ1) is 22.3. The Labute approximate surface area is 187 Å². The standard InChI is InChI=1S/C24H20F3N3O3/c1-13(2)21-29-23(33-30-21)17-9-4-6-14(3)20(17)28-22(31)19-11-10-18(32-19)15-7-5-8-16(12-15)24(25,26)27/h4-13H,1-3H3,(H,28,31). The van der Waals surface area contributed by atoms with Crippen LogP contribution in [-0.4, -0.2) is 16.0 Å². The summed E-state index contributed by atoms with van der Waals surface area (Å²) in [6.45, 7) is 5.69. The van der Waals surface area contributed by atoms with Crippen molar-refractivity contribution in [2.75, 3.05) is 5.32 Å². The maximum Gasteiger partial charge on any atom is 0.416 e. The number of carbonyl (C=O) groups excluding carboxylic acids is 1. The number of halogens is 3. The van der Waals surface area contributed by atoms with Crippen molar-refractivity contribution in [1.82, 2.24) is 10.1 Å². The molecule has 1 amide bonds. The summed E-state index contributed by atoms with van der Waals surface area (Å²) in [5.41, 5.74) is 1.19. The van der Waals surface area contributed by atoms with Crippen molar-refractivity contribution in [2.24, 2.45) is 0 Å². The van der Waals surface area contributed by atoms with Crippen molar-refractivity contribution in [1.29, 1.82) is 0 Å². The molecule has 4 rings (SSSR count). The SMILES string of the molecule is Cc1cccc(-c2nc(C(C)C)no2)c1NC(=O)c1ccc(-c2cccc(C(F)(F)F)c2)o1. The number of nitrogens with one attached hydrogen (secondary N) is 1. The number of aryl methyl sites for hydroxylation is 1. The summed E-state index contributed by atoms with van der Waals surface area (Å²) in [6, 6.07) is 12.9. The fraction of sp³-hybridized carbons (Fsp3) is 0.208. The smallest absolute Gasteiger partial charge is 0.416 e. The quantitative estimate of drug-likeness (QED) is 0.362. The van der Waals surface area contributed by atoms with Gasteiger partial charge in [-0.05, 0) is 42.8 Å². The Morgan fingerprint density at radius 1 is 1.06 bits per heavy atom. The van der Waals surface area contributed by atoms with Gasteiger partial charge in [-0.1, -0.05) is 43.3 Å². The molecule has 2 aromatic carbocycles. The monoisotopic (exact) mass is 455 g/mol. The lowest BCUT2D eigenvalue weighted by molar-refractivity contribution is -0.137. The molecular weight excluding hydrogens is 435 g/mol. The molecule has 0 aliphatic rings. The predicted octanol–water partition coefficient (Wildman–Crippen LogP) is 6.70. The van der Waals surface area contributed by atoms with Crippen LogP contribution in [-0.2, 0) is 6.18 Å². The molecule has 9 heteroatoms. The summed E-state index contributed by atoms with van der Waals surface area (Å²) in [5, 5.41) is 6.76. The number of carbonyl (C=O) groups is 1. The zero-order valence-electron chi connectivity index (χ0n) is 18.0. The number of hydrogen-bond donors (Lipinski definition) is 1. The van der Waals surface area contributed by atoms with Crippen LogP contribution in [0.5, 0.6) is 0 Å². The van der Waals surface area contributed by atoms with Crippen LogP contribution in [0.2, 0.25) is 0 Å². The van der Waals surface area contributed by atoms with Crippen LogP contribution in [0.15, 0.2) is 63.5 Å². The van der Waals surface area contributed by atoms with Gasteiger partial charge in [-0.15, -0.1) is 0 Å². The number of aromatic nitrogens is 2. The first-order valence-corrected chi connectivity index (χ1v) is 10.2. The Morgan fingerprint density at radius 2 is 1.82 bits per heavy atom. The van der Waals surface area contributed by atoms with Crippen molar-refractivity contribution in [2.45, 2.75) is 32.9 Å². The van der Waals surface area contributed by atoms with Crippen molar-refractivity contribution < 1.29 is 26.9 Å². The second-order valence-electron chi connectivity index (χ2n) is 7.81. The molecule has 0 atom stereocenters. The van der Waals surface area contributed by atoms with Gasteiger partial charge in [0.25, 0.3) is 11.8 Å². The lowest BCUT2D eigenvalue weighted by Crippen LogP contribution is -2.13. The molecule has 0 saturated carbocycles. The average Bonchev–Trinajstić information content (AvgIpc) is 3.45. The fourth-order valence-electron chi connectivity index (χ4n) is 3.23. The van der Waals surface area contributed by atoms with E-state index in [0.717, 1.165) is 17.7 Å². The van der Waals surface area contributed by atoms with Crippen LogP contribution in [0.4, 0.5) is 18.9 Å². The number of alkyl halides is 3. The second kappa shape index (κ2) is 8.57. The molecular formula is C24H20F3N3O3. The van der Waals surface area contributed by atoms with E-state index in [4.69, 9.17) is 8.94 Å². The predicted molar refractivity (Wildman–Crippen MR) is 116 cm³/mol. The largest absolute Gasteiger partial charge is 0.451 e. The third-order valence-electron chi connectivity index (χ3n) is 5.00. The number of hydrogen-bond acceptors (Lipinski definition) is 5. The molecule has 33 heavy (non-hydrogen) atoms. The van der Waals surface area contributed by atoms with Crippen LogP contribution in [0.25, 0.3) is 22.8 Å². The molecule has 1 N–H and O–H groups in total. The lowest BCUT2D eigenvalue weighted by Gasteiger charge is -2.11. The van der Waals surface area contributed by atoms with E-state index in [1.54, 1.807) is 12.1 Å². The molecule has 0 radical (unpaired) electrons. The van der Waals surface area contributed by atoms with Crippen molar-refractivity contribution >= 4 is 11.6 Å². The lowest BCUT2D eigenvalue weighted by atomic mass is 10.1. The first-order valence-electron chi connectivity index (χ1n) is 10.2. The molecule has 2 aromatic heterocycles. The van der Waals surface area contributed by atoms with E-state index in [0.29, 0.717) is 17.1 Å². The Balaban J connectivity index is 1.61. The molecule has 0 bridgehead atoms. The minimum atomic E-state index is -4.48. The van der Waals surface area contributed by atoms with Crippen LogP contribution < -0.4 is 5.32 Å². The molecule has 0 aliphatic heterocycles. The molecule has 0 unspecified atom stereocenters. The zero-order chi connectivity index (χ0) is 23.8. The Hall–Kier alpha value is -3.88. The molecule has 170 valence electrons. The van der Waals surface area contributed by atoms with Gasteiger partial charge in [-0.2, -0.15) is 18.2 Å².